The highest BCUT2D eigenvalue weighted by molar-refractivity contribution is 5.03. The van der Waals surface area contributed by atoms with Crippen molar-refractivity contribution >= 4 is 0 Å². The van der Waals surface area contributed by atoms with Crippen molar-refractivity contribution in [2.45, 2.75) is 12.8 Å². The zero-order valence-electron chi connectivity index (χ0n) is 7.62. The molecule has 13 heavy (non-hydrogen) atoms. The Balaban J connectivity index is 1.72. The van der Waals surface area contributed by atoms with Crippen LogP contribution in [0.2, 0.25) is 0 Å². The van der Waals surface area contributed by atoms with Crippen molar-refractivity contribution in [1.29, 1.82) is 0 Å². The van der Waals surface area contributed by atoms with Crippen molar-refractivity contribution in [2.75, 3.05) is 19.7 Å². The number of aromatic nitrogens is 2. The van der Waals surface area contributed by atoms with Gasteiger partial charge in [-0.25, -0.2) is 5.10 Å². The molecule has 1 aliphatic rings. The fraction of sp³-hybridized carbons (Fsp3) is 0.667. The lowest BCUT2D eigenvalue weighted by atomic mass is 9.99. The number of aromatic amines is 1. The van der Waals surface area contributed by atoms with Gasteiger partial charge in [-0.1, -0.05) is 0 Å². The highest BCUT2D eigenvalue weighted by atomic mass is 16.5. The van der Waals surface area contributed by atoms with Crippen LogP contribution in [0.5, 0.6) is 5.88 Å². The van der Waals surface area contributed by atoms with Gasteiger partial charge in [0.15, 0.2) is 0 Å². The highest BCUT2D eigenvalue weighted by Gasteiger charge is 2.13. The summed E-state index contributed by atoms with van der Waals surface area (Å²) in [6, 6.07) is 1.85. The predicted octanol–water partition coefficient (Wildman–Crippen LogP) is 0.788. The van der Waals surface area contributed by atoms with Crippen LogP contribution in [-0.4, -0.2) is 29.9 Å². The van der Waals surface area contributed by atoms with Gasteiger partial charge in [-0.15, -0.1) is 0 Å². The van der Waals surface area contributed by atoms with Crippen LogP contribution in [0.3, 0.4) is 0 Å². The Kier molecular flexibility index (Phi) is 2.82. The van der Waals surface area contributed by atoms with Gasteiger partial charge in [-0.3, -0.25) is 0 Å². The van der Waals surface area contributed by atoms with Crippen LogP contribution in [0, 0.1) is 5.92 Å². The summed E-state index contributed by atoms with van der Waals surface area (Å²) < 4.78 is 5.54. The second kappa shape index (κ2) is 4.28. The molecule has 2 heterocycles. The van der Waals surface area contributed by atoms with Crippen molar-refractivity contribution in [3.63, 3.8) is 0 Å². The third-order valence-corrected chi connectivity index (χ3v) is 2.41. The molecule has 1 aliphatic heterocycles. The lowest BCUT2D eigenvalue weighted by molar-refractivity contribution is 0.209. The molecule has 2 rings (SSSR count). The van der Waals surface area contributed by atoms with Gasteiger partial charge >= 0.3 is 0 Å². The maximum absolute atomic E-state index is 5.54. The number of ether oxygens (including phenoxy) is 1. The van der Waals surface area contributed by atoms with Crippen LogP contribution in [0.4, 0.5) is 0 Å². The van der Waals surface area contributed by atoms with Crippen LogP contribution in [0.25, 0.3) is 0 Å². The van der Waals surface area contributed by atoms with Gasteiger partial charge in [-0.2, -0.15) is 5.10 Å². The molecule has 0 bridgehead atoms. The molecule has 4 heteroatoms. The number of rotatable bonds is 3. The molecule has 0 unspecified atom stereocenters. The van der Waals surface area contributed by atoms with E-state index in [9.17, 15) is 0 Å². The smallest absolute Gasteiger partial charge is 0.209 e. The van der Waals surface area contributed by atoms with Crippen molar-refractivity contribution in [1.82, 2.24) is 15.5 Å². The van der Waals surface area contributed by atoms with Gasteiger partial charge in [0, 0.05) is 6.07 Å². The molecule has 2 N–H and O–H groups in total. The van der Waals surface area contributed by atoms with Gasteiger partial charge < -0.3 is 10.1 Å². The second-order valence-electron chi connectivity index (χ2n) is 3.43. The highest BCUT2D eigenvalue weighted by Crippen LogP contribution is 2.13. The van der Waals surface area contributed by atoms with E-state index in [4.69, 9.17) is 4.74 Å². The van der Waals surface area contributed by atoms with E-state index in [0.29, 0.717) is 5.92 Å². The number of H-pyrrole nitrogens is 1. The molecule has 0 radical (unpaired) electrons. The molecule has 1 fully saturated rings. The minimum Gasteiger partial charge on any atom is -0.478 e. The summed E-state index contributed by atoms with van der Waals surface area (Å²) in [4.78, 5) is 0. The fourth-order valence-corrected chi connectivity index (χ4v) is 1.58. The summed E-state index contributed by atoms with van der Waals surface area (Å²) in [7, 11) is 0. The molecule has 72 valence electrons. The molecule has 0 spiro atoms. The summed E-state index contributed by atoms with van der Waals surface area (Å²) >= 11 is 0. The maximum atomic E-state index is 5.54. The quantitative estimate of drug-likeness (QED) is 0.724. The first-order valence-corrected chi connectivity index (χ1v) is 4.78. The first-order chi connectivity index (χ1) is 6.45. The monoisotopic (exact) mass is 181 g/mol. The Bertz CT molecular complexity index is 229. The fourth-order valence-electron chi connectivity index (χ4n) is 1.58. The van der Waals surface area contributed by atoms with E-state index in [1.54, 1.807) is 6.20 Å². The standard InChI is InChI=1S/C9H15N3O/c1-4-10-5-2-8(1)7-13-9-3-6-11-12-9/h3,6,8,10H,1-2,4-5,7H2,(H,11,12). The molecule has 4 nitrogen and oxygen atoms in total. The molecule has 1 aromatic heterocycles. The molecule has 0 amide bonds. The molecule has 1 aromatic rings. The number of hydrogen-bond acceptors (Lipinski definition) is 3. The summed E-state index contributed by atoms with van der Waals surface area (Å²) in [5.74, 6) is 1.48. The minimum absolute atomic E-state index is 0.699. The largest absolute Gasteiger partial charge is 0.478 e. The van der Waals surface area contributed by atoms with Crippen molar-refractivity contribution in [3.05, 3.63) is 12.3 Å². The van der Waals surface area contributed by atoms with Crippen molar-refractivity contribution in [3.8, 4) is 5.88 Å². The van der Waals surface area contributed by atoms with E-state index in [1.165, 1.54) is 12.8 Å². The molecule has 1 saturated heterocycles. The Hall–Kier alpha value is -1.03. The molecular weight excluding hydrogens is 166 g/mol. The lowest BCUT2D eigenvalue weighted by Crippen LogP contribution is -2.30. The summed E-state index contributed by atoms with van der Waals surface area (Å²) in [5, 5.41) is 9.94. The SMILES string of the molecule is c1cc(OCC2CCNCC2)[nH]n1. The molecule has 0 aromatic carbocycles. The van der Waals surface area contributed by atoms with Gasteiger partial charge in [0.05, 0.1) is 12.8 Å². The topological polar surface area (TPSA) is 49.9 Å². The zero-order chi connectivity index (χ0) is 8.93. The van der Waals surface area contributed by atoms with E-state index in [2.05, 4.69) is 15.5 Å². The van der Waals surface area contributed by atoms with E-state index < -0.39 is 0 Å². The molecule has 0 atom stereocenters. The van der Waals surface area contributed by atoms with Gasteiger partial charge in [0.25, 0.3) is 0 Å². The second-order valence-corrected chi connectivity index (χ2v) is 3.43. The number of piperidine rings is 1. The Labute approximate surface area is 77.7 Å². The third-order valence-electron chi connectivity index (χ3n) is 2.41. The van der Waals surface area contributed by atoms with Crippen molar-refractivity contribution < 1.29 is 4.74 Å². The number of nitrogens with zero attached hydrogens (tertiary/aromatic N) is 1. The molecule has 0 saturated carbocycles. The summed E-state index contributed by atoms with van der Waals surface area (Å²) in [5.41, 5.74) is 0. The minimum atomic E-state index is 0.699. The predicted molar refractivity (Wildman–Crippen MR) is 49.7 cm³/mol. The maximum Gasteiger partial charge on any atom is 0.209 e. The molecular formula is C9H15N3O. The Morgan fingerprint density at radius 2 is 2.31 bits per heavy atom. The Morgan fingerprint density at radius 1 is 1.46 bits per heavy atom. The first kappa shape index (κ1) is 8.56. The van der Waals surface area contributed by atoms with Gasteiger partial charge in [0.1, 0.15) is 0 Å². The lowest BCUT2D eigenvalue weighted by Gasteiger charge is -2.21. The average Bonchev–Trinajstić information content (AvgIpc) is 2.69. The van der Waals surface area contributed by atoms with E-state index in [1.807, 2.05) is 6.07 Å². The molecule has 0 aliphatic carbocycles. The van der Waals surface area contributed by atoms with Crippen LogP contribution >= 0.6 is 0 Å². The number of hydrogen-bond donors (Lipinski definition) is 2. The van der Waals surface area contributed by atoms with E-state index in [0.717, 1.165) is 25.6 Å². The first-order valence-electron chi connectivity index (χ1n) is 4.78. The van der Waals surface area contributed by atoms with Crippen LogP contribution in [0.1, 0.15) is 12.8 Å². The van der Waals surface area contributed by atoms with Gasteiger partial charge in [0.2, 0.25) is 5.88 Å². The normalized spacial score (nSPS) is 18.8. The van der Waals surface area contributed by atoms with E-state index >= 15 is 0 Å². The van der Waals surface area contributed by atoms with Crippen molar-refractivity contribution in [2.24, 2.45) is 5.92 Å². The van der Waals surface area contributed by atoms with Gasteiger partial charge in [-0.05, 0) is 31.8 Å². The zero-order valence-corrected chi connectivity index (χ0v) is 7.62. The average molecular weight is 181 g/mol. The number of nitrogens with one attached hydrogen (secondary N) is 2. The summed E-state index contributed by atoms with van der Waals surface area (Å²) in [6.07, 6.45) is 4.14. The van der Waals surface area contributed by atoms with Crippen LogP contribution in [-0.2, 0) is 0 Å². The van der Waals surface area contributed by atoms with Crippen LogP contribution < -0.4 is 10.1 Å². The Morgan fingerprint density at radius 3 is 3.00 bits per heavy atom. The summed E-state index contributed by atoms with van der Waals surface area (Å²) in [6.45, 7) is 3.05. The van der Waals surface area contributed by atoms with E-state index in [-0.39, 0.29) is 0 Å². The third kappa shape index (κ3) is 2.45. The van der Waals surface area contributed by atoms with Crippen LogP contribution in [0.15, 0.2) is 12.3 Å².